The summed E-state index contributed by atoms with van der Waals surface area (Å²) in [5.74, 6) is -2.23. The van der Waals surface area contributed by atoms with Crippen molar-refractivity contribution in [2.75, 3.05) is 82.7 Å². The quantitative estimate of drug-likeness (QED) is 0.104. The first-order chi connectivity index (χ1) is 31.3. The average molecular weight is 901 g/mol. The number of likely N-dealkylation sites (N-methyl/N-ethyl adjacent to an activating group) is 2. The van der Waals surface area contributed by atoms with Crippen LogP contribution in [0.15, 0.2) is 48.6 Å². The summed E-state index contributed by atoms with van der Waals surface area (Å²) in [7, 11) is 14.4. The van der Waals surface area contributed by atoms with Crippen molar-refractivity contribution in [1.29, 1.82) is 0 Å². The van der Waals surface area contributed by atoms with Crippen LogP contribution in [0, 0.1) is 19.8 Å². The molecule has 0 spiro atoms. The third-order valence-corrected chi connectivity index (χ3v) is 13.6. The number of carbonyl (C=O) groups excluding carboxylic acids is 4. The molecule has 3 aliphatic rings. The number of carbonyl (C=O) groups is 4. The number of amides is 2. The van der Waals surface area contributed by atoms with Crippen molar-refractivity contribution in [3.63, 3.8) is 0 Å². The fourth-order valence-corrected chi connectivity index (χ4v) is 9.34. The van der Waals surface area contributed by atoms with Gasteiger partial charge in [0, 0.05) is 74.2 Å². The number of allylic oxidation sites excluding steroid dienone is 5. The molecule has 6 rings (SSSR count). The van der Waals surface area contributed by atoms with Crippen LogP contribution in [0.3, 0.4) is 0 Å². The summed E-state index contributed by atoms with van der Waals surface area (Å²) in [5, 5.41) is 0. The third-order valence-electron chi connectivity index (χ3n) is 13.6. The van der Waals surface area contributed by atoms with Crippen molar-refractivity contribution in [3.8, 4) is 0 Å². The molecule has 66 heavy (non-hydrogen) atoms. The number of nitrogens with one attached hydrogen (secondary N) is 2. The lowest BCUT2D eigenvalue weighted by Crippen LogP contribution is -2.42. The first-order valence-electron chi connectivity index (χ1n) is 22.8. The van der Waals surface area contributed by atoms with Gasteiger partial charge in [0.05, 0.1) is 48.0 Å². The van der Waals surface area contributed by atoms with Gasteiger partial charge in [-0.2, -0.15) is 0 Å². The minimum absolute atomic E-state index is 0.0194. The summed E-state index contributed by atoms with van der Waals surface area (Å²) in [4.78, 5) is 80.2. The van der Waals surface area contributed by atoms with E-state index in [1.165, 1.54) is 14.2 Å². The molecule has 1 aliphatic carbocycles. The normalized spacial score (nSPS) is 16.8. The van der Waals surface area contributed by atoms with Crippen LogP contribution in [0.5, 0.6) is 0 Å². The van der Waals surface area contributed by atoms with Crippen molar-refractivity contribution in [1.82, 2.24) is 39.5 Å². The number of methoxy groups -OCH3 is 2. The number of aromatic nitrogens is 4. The second-order valence-electron chi connectivity index (χ2n) is 18.5. The first kappa shape index (κ1) is 49.3. The van der Waals surface area contributed by atoms with Gasteiger partial charge in [0.1, 0.15) is 5.92 Å². The highest BCUT2D eigenvalue weighted by molar-refractivity contribution is 6.02. The first-order valence-corrected chi connectivity index (χ1v) is 22.8. The van der Waals surface area contributed by atoms with Crippen LogP contribution in [-0.2, 0) is 40.5 Å². The van der Waals surface area contributed by atoms with Crippen molar-refractivity contribution in [3.05, 3.63) is 93.6 Å². The minimum Gasteiger partial charge on any atom is -0.469 e. The molecule has 2 aliphatic heterocycles. The average Bonchev–Trinajstić information content (AvgIpc) is 3.94. The maximum Gasteiger partial charge on any atom is 0.334 e. The Kier molecular flexibility index (Phi) is 15.4. The number of fused-ring (bicyclic) bond motifs is 11. The molecule has 352 valence electrons. The molecule has 5 heterocycles. The summed E-state index contributed by atoms with van der Waals surface area (Å²) in [6, 6.07) is 7.97. The van der Waals surface area contributed by atoms with Crippen LogP contribution in [0.2, 0.25) is 0 Å². The Morgan fingerprint density at radius 1 is 0.712 bits per heavy atom. The summed E-state index contributed by atoms with van der Waals surface area (Å²) in [6.07, 6.45) is 8.73. The highest BCUT2D eigenvalue weighted by atomic mass is 16.5. The number of ether oxygens (including phenoxy) is 2. The van der Waals surface area contributed by atoms with Gasteiger partial charge >= 0.3 is 11.9 Å². The molecule has 0 aromatic carbocycles. The number of unbranched alkanes of at least 4 members (excludes halogenated alkanes) is 1. The van der Waals surface area contributed by atoms with Crippen molar-refractivity contribution >= 4 is 68.6 Å². The fraction of sp³-hybridized carbons (Fsp3) is 0.462. The number of esters is 2. The van der Waals surface area contributed by atoms with E-state index < -0.39 is 23.3 Å². The van der Waals surface area contributed by atoms with E-state index in [2.05, 4.69) is 48.5 Å². The molecule has 0 fully saturated rings. The summed E-state index contributed by atoms with van der Waals surface area (Å²) >= 11 is 0. The van der Waals surface area contributed by atoms with Gasteiger partial charge in [-0.25, -0.2) is 9.78 Å². The van der Waals surface area contributed by atoms with Gasteiger partial charge in [0.15, 0.2) is 0 Å². The lowest BCUT2D eigenvalue weighted by atomic mass is 9.64. The second kappa shape index (κ2) is 20.6. The third kappa shape index (κ3) is 9.99. The van der Waals surface area contributed by atoms with Crippen molar-refractivity contribution in [2.45, 2.75) is 71.6 Å². The van der Waals surface area contributed by atoms with Crippen LogP contribution in [0.25, 0.3) is 44.9 Å². The predicted octanol–water partition coefficient (Wildman–Crippen LogP) is 7.28. The second-order valence-corrected chi connectivity index (χ2v) is 18.5. The maximum absolute atomic E-state index is 13.9. The summed E-state index contributed by atoms with van der Waals surface area (Å²) in [6.45, 7) is 15.2. The lowest BCUT2D eigenvalue weighted by molar-refractivity contribution is -0.149. The van der Waals surface area contributed by atoms with E-state index in [4.69, 9.17) is 19.4 Å². The van der Waals surface area contributed by atoms with Crippen LogP contribution < -0.4 is 0 Å². The monoisotopic (exact) mass is 901 g/mol. The predicted molar refractivity (Wildman–Crippen MR) is 263 cm³/mol. The topological polar surface area (TPSA) is 157 Å². The molecule has 2 N–H and O–H groups in total. The molecule has 1 unspecified atom stereocenters. The van der Waals surface area contributed by atoms with E-state index in [9.17, 15) is 19.2 Å². The molecule has 3 aromatic heterocycles. The van der Waals surface area contributed by atoms with Crippen LogP contribution in [0.4, 0.5) is 0 Å². The van der Waals surface area contributed by atoms with E-state index >= 15 is 0 Å². The van der Waals surface area contributed by atoms with E-state index in [0.29, 0.717) is 55.1 Å². The van der Waals surface area contributed by atoms with Crippen LogP contribution in [-0.4, -0.2) is 146 Å². The Labute approximate surface area is 389 Å². The van der Waals surface area contributed by atoms with Gasteiger partial charge in [0.2, 0.25) is 11.8 Å². The molecule has 0 radical (unpaired) electrons. The standard InChI is InChI=1S/C52H68N8O6/c1-14-34-31(2)40-28-45-38-20-17-37(50(63)65-12)49(51(64)66-13)52(38,5)46(56-45)30-41-33(4)36(19-22-48(62)60(11)26-25-58(8)9)44(55-41)29-43-35(32(3)39(54-43)27-42(34)53-40)18-21-47(61)59(10)24-16-15-23-57(6)7/h14,17,20,27-30,49,53-54H,1,15-16,18-19,21-26H2,2-13H3/t49?,52-/m1/s1. The number of hydrogen-bond acceptors (Lipinski definition) is 10. The number of H-pyrrole nitrogens is 2. The van der Waals surface area contributed by atoms with Crippen molar-refractivity contribution < 1.29 is 28.7 Å². The summed E-state index contributed by atoms with van der Waals surface area (Å²) < 4.78 is 10.6. The molecule has 8 bridgehead atoms. The summed E-state index contributed by atoms with van der Waals surface area (Å²) in [5.41, 5.74) is 11.1. The molecule has 0 saturated carbocycles. The number of hydrogen-bond donors (Lipinski definition) is 2. The Hall–Kier alpha value is -6.12. The van der Waals surface area contributed by atoms with Crippen LogP contribution in [0.1, 0.15) is 91.0 Å². The van der Waals surface area contributed by atoms with E-state index in [-0.39, 0.29) is 23.8 Å². The fourth-order valence-electron chi connectivity index (χ4n) is 9.34. The molecular weight excluding hydrogens is 833 g/mol. The van der Waals surface area contributed by atoms with Gasteiger partial charge in [-0.3, -0.25) is 19.4 Å². The van der Waals surface area contributed by atoms with Gasteiger partial charge < -0.3 is 39.0 Å². The highest BCUT2D eigenvalue weighted by Gasteiger charge is 2.53. The largest absolute Gasteiger partial charge is 0.469 e. The Morgan fingerprint density at radius 2 is 1.33 bits per heavy atom. The number of aromatic amines is 2. The number of rotatable bonds is 17. The highest BCUT2D eigenvalue weighted by Crippen LogP contribution is 2.52. The van der Waals surface area contributed by atoms with E-state index in [1.54, 1.807) is 11.0 Å². The van der Waals surface area contributed by atoms with Gasteiger partial charge in [-0.1, -0.05) is 24.8 Å². The maximum atomic E-state index is 13.9. The molecule has 3 aromatic rings. The zero-order chi connectivity index (χ0) is 48.2. The van der Waals surface area contributed by atoms with Gasteiger partial charge in [0.25, 0.3) is 0 Å². The van der Waals surface area contributed by atoms with E-state index in [1.807, 2.05) is 89.1 Å². The molecular formula is C52H68N8O6. The molecule has 14 heteroatoms. The number of nitrogens with zero attached hydrogens (tertiary/aromatic N) is 6. The Balaban J connectivity index is 1.61. The SMILES string of the molecule is C=Cc1c(C)c2cc3nc(cc4nc(cc5[nH]c(cc1[nH]2)c(C)c5CCC(=O)N(C)CCCCN(C)C)C(CCC(=O)N(C)CCN(C)C)=C4C)[C@@]1(C)C3=CC=C(C(=O)OC)C1C(=O)OC. The Morgan fingerprint density at radius 3 is 1.98 bits per heavy atom. The van der Waals surface area contributed by atoms with E-state index in [0.717, 1.165) is 87.0 Å². The smallest absolute Gasteiger partial charge is 0.334 e. The zero-order valence-corrected chi connectivity index (χ0v) is 41.0. The zero-order valence-electron chi connectivity index (χ0n) is 41.0. The van der Waals surface area contributed by atoms with Crippen molar-refractivity contribution in [2.24, 2.45) is 5.92 Å². The van der Waals surface area contributed by atoms with Gasteiger partial charge in [-0.05, 0) is 146 Å². The molecule has 0 saturated heterocycles. The molecule has 2 amide bonds. The molecule has 14 nitrogen and oxygen atoms in total. The van der Waals surface area contributed by atoms with Crippen LogP contribution >= 0.6 is 0 Å². The molecule has 2 atom stereocenters. The van der Waals surface area contributed by atoms with Gasteiger partial charge in [-0.15, -0.1) is 0 Å². The number of aryl methyl sites for hydroxylation is 3. The lowest BCUT2D eigenvalue weighted by Gasteiger charge is -2.36. The minimum atomic E-state index is -1.17. The Bertz CT molecular complexity index is 2680.